The van der Waals surface area contributed by atoms with Crippen LogP contribution in [0.4, 0.5) is 9.52 Å². The molecule has 144 valence electrons. The maximum Gasteiger partial charge on any atom is 0.233 e. The molecule has 0 saturated carbocycles. The minimum absolute atomic E-state index is 0.0301. The molecule has 1 atom stereocenters. The van der Waals surface area contributed by atoms with Gasteiger partial charge in [0, 0.05) is 31.3 Å². The number of hydrogen-bond donors (Lipinski definition) is 4. The maximum atomic E-state index is 13.5. The van der Waals surface area contributed by atoms with Crippen molar-refractivity contribution in [2.45, 2.75) is 25.3 Å². The van der Waals surface area contributed by atoms with Crippen molar-refractivity contribution < 1.29 is 14.6 Å². The highest BCUT2D eigenvalue weighted by Crippen LogP contribution is 2.35. The van der Waals surface area contributed by atoms with E-state index < -0.39 is 5.82 Å². The van der Waals surface area contributed by atoms with Crippen molar-refractivity contribution in [3.63, 3.8) is 0 Å². The van der Waals surface area contributed by atoms with Gasteiger partial charge in [-0.2, -0.15) is 4.98 Å². The Hall–Kier alpha value is -2.23. The van der Waals surface area contributed by atoms with E-state index in [4.69, 9.17) is 4.99 Å². The molecule has 7 nitrogen and oxygen atoms in total. The number of aliphatic imine (C=N–C) groups is 1. The zero-order valence-electron chi connectivity index (χ0n) is 14.8. The van der Waals surface area contributed by atoms with E-state index >= 15 is 0 Å². The van der Waals surface area contributed by atoms with Gasteiger partial charge >= 0.3 is 0 Å². The number of rotatable bonds is 4. The van der Waals surface area contributed by atoms with Crippen LogP contribution in [0.15, 0.2) is 23.2 Å². The Bertz CT molecular complexity index is 844. The first-order valence-electron chi connectivity index (χ1n) is 9.10. The summed E-state index contributed by atoms with van der Waals surface area (Å²) in [7, 11) is 0. The fourth-order valence-corrected chi connectivity index (χ4v) is 4.29. The van der Waals surface area contributed by atoms with E-state index in [0.717, 1.165) is 51.5 Å². The van der Waals surface area contributed by atoms with Gasteiger partial charge in [-0.15, -0.1) is 0 Å². The Morgan fingerprint density at radius 1 is 1.30 bits per heavy atom. The molecule has 2 aliphatic rings. The zero-order valence-corrected chi connectivity index (χ0v) is 15.6. The van der Waals surface area contributed by atoms with E-state index in [2.05, 4.69) is 15.7 Å². The molecule has 0 bridgehead atoms. The highest BCUT2D eigenvalue weighted by Gasteiger charge is 2.25. The molecule has 3 heterocycles. The molecule has 0 radical (unpaired) electrons. The van der Waals surface area contributed by atoms with Gasteiger partial charge in [-0.1, -0.05) is 11.3 Å². The van der Waals surface area contributed by atoms with E-state index in [9.17, 15) is 14.6 Å². The SMILES string of the molecule is Oc1cc(F)ccc1C(=N[C@@H]1CCNC1)c1sc(N2CCCCN2)nc1O. The van der Waals surface area contributed by atoms with Crippen molar-refractivity contribution in [2.24, 2.45) is 4.99 Å². The molecule has 0 spiro atoms. The molecule has 0 aliphatic carbocycles. The van der Waals surface area contributed by atoms with Crippen molar-refractivity contribution in [1.82, 2.24) is 15.7 Å². The van der Waals surface area contributed by atoms with E-state index in [1.165, 1.54) is 23.5 Å². The van der Waals surface area contributed by atoms with Gasteiger partial charge in [-0.05, 0) is 37.9 Å². The average Bonchev–Trinajstić information content (AvgIpc) is 3.31. The summed E-state index contributed by atoms with van der Waals surface area (Å²) in [6.45, 7) is 3.27. The number of hydrogen-bond acceptors (Lipinski definition) is 8. The van der Waals surface area contributed by atoms with Gasteiger partial charge in [0.2, 0.25) is 11.0 Å². The molecule has 2 fully saturated rings. The van der Waals surface area contributed by atoms with Crippen LogP contribution in [-0.4, -0.2) is 53.1 Å². The van der Waals surface area contributed by atoms with Gasteiger partial charge in [-0.25, -0.2) is 9.82 Å². The predicted octanol–water partition coefficient (Wildman–Crippen LogP) is 2.00. The Morgan fingerprint density at radius 2 is 2.19 bits per heavy atom. The van der Waals surface area contributed by atoms with Gasteiger partial charge in [0.25, 0.3) is 0 Å². The number of benzene rings is 1. The fraction of sp³-hybridized carbons (Fsp3) is 0.444. The third-order valence-corrected chi connectivity index (χ3v) is 5.79. The highest BCUT2D eigenvalue weighted by atomic mass is 32.1. The van der Waals surface area contributed by atoms with E-state index in [1.807, 2.05) is 5.01 Å². The second kappa shape index (κ2) is 7.79. The summed E-state index contributed by atoms with van der Waals surface area (Å²) >= 11 is 1.31. The smallest absolute Gasteiger partial charge is 0.233 e. The molecule has 0 amide bonds. The predicted molar refractivity (Wildman–Crippen MR) is 103 cm³/mol. The maximum absolute atomic E-state index is 13.5. The van der Waals surface area contributed by atoms with Crippen LogP contribution < -0.4 is 15.8 Å². The quantitative estimate of drug-likeness (QED) is 0.596. The number of phenols is 1. The van der Waals surface area contributed by atoms with Crippen LogP contribution in [-0.2, 0) is 0 Å². The van der Waals surface area contributed by atoms with Crippen molar-refractivity contribution >= 4 is 22.2 Å². The van der Waals surface area contributed by atoms with Crippen LogP contribution in [0.3, 0.4) is 0 Å². The van der Waals surface area contributed by atoms with Crippen LogP contribution in [0.5, 0.6) is 11.6 Å². The number of hydrazine groups is 1. The first kappa shape index (κ1) is 18.1. The van der Waals surface area contributed by atoms with E-state index in [-0.39, 0.29) is 17.7 Å². The monoisotopic (exact) mass is 391 g/mol. The fourth-order valence-electron chi connectivity index (χ4n) is 3.31. The summed E-state index contributed by atoms with van der Waals surface area (Å²) in [5.41, 5.74) is 4.10. The van der Waals surface area contributed by atoms with Gasteiger partial charge < -0.3 is 15.5 Å². The molecule has 2 saturated heterocycles. The van der Waals surface area contributed by atoms with Crippen LogP contribution in [0, 0.1) is 5.82 Å². The highest BCUT2D eigenvalue weighted by molar-refractivity contribution is 7.18. The number of nitrogens with one attached hydrogen (secondary N) is 2. The van der Waals surface area contributed by atoms with E-state index in [0.29, 0.717) is 21.3 Å². The number of halogens is 1. The minimum Gasteiger partial charge on any atom is -0.507 e. The van der Waals surface area contributed by atoms with E-state index in [1.54, 1.807) is 0 Å². The Kier molecular flexibility index (Phi) is 5.24. The number of aromatic nitrogens is 1. The Balaban J connectivity index is 1.75. The second-order valence-corrected chi connectivity index (χ2v) is 7.68. The topological polar surface area (TPSA) is 93.0 Å². The molecule has 0 unspecified atom stereocenters. The van der Waals surface area contributed by atoms with Crippen molar-refractivity contribution in [1.29, 1.82) is 0 Å². The van der Waals surface area contributed by atoms with Crippen LogP contribution >= 0.6 is 11.3 Å². The summed E-state index contributed by atoms with van der Waals surface area (Å²) in [6.07, 6.45) is 3.02. The first-order valence-corrected chi connectivity index (χ1v) is 9.92. The van der Waals surface area contributed by atoms with Gasteiger partial charge in [-0.3, -0.25) is 10.0 Å². The third-order valence-electron chi connectivity index (χ3n) is 4.72. The lowest BCUT2D eigenvalue weighted by molar-refractivity contribution is 0.452. The molecular formula is C18H22FN5O2S. The lowest BCUT2D eigenvalue weighted by Gasteiger charge is -2.26. The zero-order chi connectivity index (χ0) is 18.8. The van der Waals surface area contributed by atoms with Crippen molar-refractivity contribution in [3.8, 4) is 11.6 Å². The molecule has 4 N–H and O–H groups in total. The molecular weight excluding hydrogens is 369 g/mol. The molecule has 4 rings (SSSR count). The minimum atomic E-state index is -0.523. The van der Waals surface area contributed by atoms with Gasteiger partial charge in [0.15, 0.2) is 0 Å². The molecule has 9 heteroatoms. The van der Waals surface area contributed by atoms with Gasteiger partial charge in [0.05, 0.1) is 11.8 Å². The summed E-state index contributed by atoms with van der Waals surface area (Å²) < 4.78 is 13.5. The number of anilines is 1. The molecule has 1 aromatic carbocycles. The lowest BCUT2D eigenvalue weighted by Crippen LogP contribution is -2.43. The normalized spacial score (nSPS) is 21.0. The largest absolute Gasteiger partial charge is 0.507 e. The lowest BCUT2D eigenvalue weighted by atomic mass is 10.1. The number of phenolic OH excluding ortho intramolecular Hbond substituents is 1. The summed E-state index contributed by atoms with van der Waals surface area (Å²) in [5, 5.41) is 26.6. The van der Waals surface area contributed by atoms with Gasteiger partial charge in [0.1, 0.15) is 16.4 Å². The summed E-state index contributed by atoms with van der Waals surface area (Å²) in [5.74, 6) is -0.856. The number of thiazole rings is 1. The second-order valence-electron chi connectivity index (χ2n) is 6.70. The summed E-state index contributed by atoms with van der Waals surface area (Å²) in [6, 6.07) is 3.86. The van der Waals surface area contributed by atoms with Crippen LogP contribution in [0.25, 0.3) is 0 Å². The summed E-state index contributed by atoms with van der Waals surface area (Å²) in [4.78, 5) is 9.53. The van der Waals surface area contributed by atoms with Crippen molar-refractivity contribution in [3.05, 3.63) is 34.5 Å². The third kappa shape index (κ3) is 3.90. The average molecular weight is 391 g/mol. The first-order chi connectivity index (χ1) is 13.1. The van der Waals surface area contributed by atoms with Crippen LogP contribution in [0.2, 0.25) is 0 Å². The molecule has 2 aliphatic heterocycles. The molecule has 2 aromatic rings. The molecule has 27 heavy (non-hydrogen) atoms. The number of aromatic hydroxyl groups is 2. The standard InChI is InChI=1S/C18H22FN5O2S/c19-11-3-4-13(14(25)9-11)15(22-12-5-7-20-10-12)16-17(26)23-18(27-16)24-8-2-1-6-21-24/h3-4,9,12,20-21,25-26H,1-2,5-8,10H2/t12-/m1/s1. The number of nitrogens with zero attached hydrogens (tertiary/aromatic N) is 3. The Morgan fingerprint density at radius 3 is 2.89 bits per heavy atom. The van der Waals surface area contributed by atoms with Crippen LogP contribution in [0.1, 0.15) is 29.7 Å². The van der Waals surface area contributed by atoms with Crippen molar-refractivity contribution in [2.75, 3.05) is 31.2 Å². The molecule has 1 aromatic heterocycles. The Labute approximate surface area is 160 Å².